The smallest absolute Gasteiger partial charge is 0.0702 e. The number of aliphatic hydroxyl groups excluding tert-OH is 1. The van der Waals surface area contributed by atoms with E-state index in [1.54, 1.807) is 0 Å². The van der Waals surface area contributed by atoms with E-state index in [0.717, 1.165) is 19.6 Å². The van der Waals surface area contributed by atoms with E-state index in [2.05, 4.69) is 4.90 Å². The zero-order valence-electron chi connectivity index (χ0n) is 12.1. The first-order chi connectivity index (χ1) is 9.34. The molecular weight excluding hydrogens is 238 g/mol. The monoisotopic (exact) mass is 267 g/mol. The summed E-state index contributed by atoms with van der Waals surface area (Å²) < 4.78 is 5.91. The van der Waals surface area contributed by atoms with Gasteiger partial charge >= 0.3 is 0 Å². The van der Waals surface area contributed by atoms with Gasteiger partial charge in [-0.05, 0) is 51.5 Å². The number of hydrogen-bond acceptors (Lipinski definition) is 3. The first-order valence-corrected chi connectivity index (χ1v) is 8.38. The lowest BCUT2D eigenvalue weighted by Crippen LogP contribution is -2.49. The molecule has 2 saturated heterocycles. The Balaban J connectivity index is 1.59. The molecule has 0 aromatic rings. The van der Waals surface area contributed by atoms with E-state index >= 15 is 0 Å². The Morgan fingerprint density at radius 2 is 1.84 bits per heavy atom. The Labute approximate surface area is 117 Å². The zero-order chi connectivity index (χ0) is 13.1. The summed E-state index contributed by atoms with van der Waals surface area (Å²) >= 11 is 0. The van der Waals surface area contributed by atoms with Crippen LogP contribution in [0, 0.1) is 5.92 Å². The van der Waals surface area contributed by atoms with Gasteiger partial charge in [-0.1, -0.05) is 12.8 Å². The summed E-state index contributed by atoms with van der Waals surface area (Å²) in [4.78, 5) is 2.65. The van der Waals surface area contributed by atoms with E-state index < -0.39 is 0 Å². The Morgan fingerprint density at radius 1 is 0.947 bits per heavy atom. The number of ether oxygens (including phenoxy) is 1. The highest BCUT2D eigenvalue weighted by atomic mass is 16.5. The first-order valence-electron chi connectivity index (χ1n) is 8.38. The molecule has 3 nitrogen and oxygen atoms in total. The van der Waals surface area contributed by atoms with E-state index in [9.17, 15) is 5.11 Å². The van der Waals surface area contributed by atoms with Crippen molar-refractivity contribution in [2.75, 3.05) is 19.7 Å². The number of rotatable bonds is 3. The lowest BCUT2D eigenvalue weighted by atomic mass is 9.87. The average molecular weight is 267 g/mol. The molecule has 0 spiro atoms. The molecule has 4 atom stereocenters. The summed E-state index contributed by atoms with van der Waals surface area (Å²) in [6.07, 6.45) is 11.6. The molecule has 0 radical (unpaired) electrons. The summed E-state index contributed by atoms with van der Waals surface area (Å²) in [5.74, 6) is 0.531. The molecule has 0 amide bonds. The van der Waals surface area contributed by atoms with Crippen molar-refractivity contribution in [3.63, 3.8) is 0 Å². The van der Waals surface area contributed by atoms with Crippen molar-refractivity contribution in [3.05, 3.63) is 0 Å². The summed E-state index contributed by atoms with van der Waals surface area (Å²) in [5, 5.41) is 10.2. The molecule has 3 aliphatic rings. The molecule has 3 fully saturated rings. The van der Waals surface area contributed by atoms with Gasteiger partial charge in [0.15, 0.2) is 0 Å². The van der Waals surface area contributed by atoms with Crippen LogP contribution >= 0.6 is 0 Å². The van der Waals surface area contributed by atoms with Crippen molar-refractivity contribution in [2.24, 2.45) is 5.92 Å². The Morgan fingerprint density at radius 3 is 2.58 bits per heavy atom. The molecule has 3 heteroatoms. The molecule has 1 N–H and O–H groups in total. The highest BCUT2D eigenvalue weighted by molar-refractivity contribution is 4.91. The maximum Gasteiger partial charge on any atom is 0.0702 e. The van der Waals surface area contributed by atoms with E-state index in [4.69, 9.17) is 4.74 Å². The molecule has 2 heterocycles. The van der Waals surface area contributed by atoms with Crippen LogP contribution in [0.3, 0.4) is 0 Å². The zero-order valence-corrected chi connectivity index (χ0v) is 12.1. The molecule has 4 unspecified atom stereocenters. The lowest BCUT2D eigenvalue weighted by molar-refractivity contribution is -0.0361. The van der Waals surface area contributed by atoms with Gasteiger partial charge in [0, 0.05) is 25.1 Å². The molecule has 0 aromatic heterocycles. The Hall–Kier alpha value is -0.120. The van der Waals surface area contributed by atoms with E-state index in [-0.39, 0.29) is 6.10 Å². The largest absolute Gasteiger partial charge is 0.393 e. The normalized spacial score (nSPS) is 41.5. The molecule has 2 aliphatic heterocycles. The van der Waals surface area contributed by atoms with Gasteiger partial charge in [0.1, 0.15) is 0 Å². The molecule has 110 valence electrons. The van der Waals surface area contributed by atoms with Crippen LogP contribution in [0.5, 0.6) is 0 Å². The van der Waals surface area contributed by atoms with Crippen molar-refractivity contribution in [3.8, 4) is 0 Å². The third kappa shape index (κ3) is 3.32. The van der Waals surface area contributed by atoms with E-state index in [1.165, 1.54) is 57.9 Å². The average Bonchev–Trinajstić information content (AvgIpc) is 2.87. The predicted molar refractivity (Wildman–Crippen MR) is 76.2 cm³/mol. The van der Waals surface area contributed by atoms with Crippen molar-refractivity contribution in [1.29, 1.82) is 0 Å². The van der Waals surface area contributed by atoms with E-state index in [0.29, 0.717) is 18.1 Å². The Kier molecular flexibility index (Phi) is 4.78. The fourth-order valence-electron chi connectivity index (χ4n) is 4.36. The molecule has 1 aliphatic carbocycles. The summed E-state index contributed by atoms with van der Waals surface area (Å²) in [6.45, 7) is 3.27. The van der Waals surface area contributed by atoms with Crippen molar-refractivity contribution in [2.45, 2.75) is 76.0 Å². The van der Waals surface area contributed by atoms with Gasteiger partial charge in [0.2, 0.25) is 0 Å². The van der Waals surface area contributed by atoms with Gasteiger partial charge in [-0.2, -0.15) is 0 Å². The second kappa shape index (κ2) is 6.55. The quantitative estimate of drug-likeness (QED) is 0.853. The van der Waals surface area contributed by atoms with Gasteiger partial charge in [-0.25, -0.2) is 0 Å². The van der Waals surface area contributed by atoms with Crippen LogP contribution in [0.4, 0.5) is 0 Å². The number of hydrogen-bond donors (Lipinski definition) is 1. The number of piperidine rings is 1. The van der Waals surface area contributed by atoms with Crippen LogP contribution in [0.1, 0.15) is 57.8 Å². The van der Waals surface area contributed by atoms with Crippen molar-refractivity contribution in [1.82, 2.24) is 4.90 Å². The third-order valence-electron chi connectivity index (χ3n) is 5.40. The predicted octanol–water partition coefficient (Wildman–Crippen LogP) is 2.57. The van der Waals surface area contributed by atoms with Crippen LogP contribution in [0.15, 0.2) is 0 Å². The highest BCUT2D eigenvalue weighted by Gasteiger charge is 2.37. The lowest BCUT2D eigenvalue weighted by Gasteiger charge is -2.42. The maximum absolute atomic E-state index is 10.2. The van der Waals surface area contributed by atoms with Crippen LogP contribution in [-0.4, -0.2) is 48.0 Å². The minimum Gasteiger partial charge on any atom is -0.393 e. The van der Waals surface area contributed by atoms with Gasteiger partial charge < -0.3 is 9.84 Å². The summed E-state index contributed by atoms with van der Waals surface area (Å²) in [7, 11) is 0. The molecule has 19 heavy (non-hydrogen) atoms. The molecule has 0 aromatic carbocycles. The number of aliphatic hydroxyl groups is 1. The molecule has 1 saturated carbocycles. The fourth-order valence-corrected chi connectivity index (χ4v) is 4.36. The molecule has 0 bridgehead atoms. The minimum atomic E-state index is -0.0436. The highest BCUT2D eigenvalue weighted by Crippen LogP contribution is 2.35. The second-order valence-corrected chi connectivity index (χ2v) is 6.71. The summed E-state index contributed by atoms with van der Waals surface area (Å²) in [5.41, 5.74) is 0. The fraction of sp³-hybridized carbons (Fsp3) is 1.00. The van der Waals surface area contributed by atoms with Gasteiger partial charge in [-0.3, -0.25) is 4.90 Å². The first kappa shape index (κ1) is 13.8. The maximum atomic E-state index is 10.2. The standard InChI is InChI=1S/C16H29NO2/c18-16-9-5-7-14(16)15-8-1-3-10-17(15)12-13-6-2-4-11-19-13/h13-16,18H,1-12H2. The second-order valence-electron chi connectivity index (χ2n) is 6.71. The van der Waals surface area contributed by atoms with Crippen LogP contribution in [0.2, 0.25) is 0 Å². The van der Waals surface area contributed by atoms with Crippen LogP contribution in [0.25, 0.3) is 0 Å². The van der Waals surface area contributed by atoms with Gasteiger partial charge in [0.05, 0.1) is 12.2 Å². The van der Waals surface area contributed by atoms with Crippen LogP contribution < -0.4 is 0 Å². The van der Waals surface area contributed by atoms with E-state index in [1.807, 2.05) is 0 Å². The van der Waals surface area contributed by atoms with Crippen molar-refractivity contribution < 1.29 is 9.84 Å². The summed E-state index contributed by atoms with van der Waals surface area (Å²) in [6, 6.07) is 0.622. The number of nitrogens with zero attached hydrogens (tertiary/aromatic N) is 1. The SMILES string of the molecule is OC1CCCC1C1CCCCN1CC1CCCCO1. The Bertz CT molecular complexity index is 278. The third-order valence-corrected chi connectivity index (χ3v) is 5.40. The van der Waals surface area contributed by atoms with Crippen molar-refractivity contribution >= 4 is 0 Å². The van der Waals surface area contributed by atoms with Crippen LogP contribution in [-0.2, 0) is 4.74 Å². The molecular formula is C16H29NO2. The van der Waals surface area contributed by atoms with Gasteiger partial charge in [-0.15, -0.1) is 0 Å². The number of likely N-dealkylation sites (tertiary alicyclic amines) is 1. The minimum absolute atomic E-state index is 0.0436. The topological polar surface area (TPSA) is 32.7 Å². The van der Waals surface area contributed by atoms with Gasteiger partial charge in [0.25, 0.3) is 0 Å². The molecule has 3 rings (SSSR count).